The number of nitrogens with one attached hydrogen (secondary N) is 3. The number of H-pyrrole nitrogens is 1. The maximum absolute atomic E-state index is 13.6. The fourth-order valence-corrected chi connectivity index (χ4v) is 5.32. The Morgan fingerprint density at radius 2 is 1.95 bits per heavy atom. The van der Waals surface area contributed by atoms with Crippen LogP contribution in [0, 0.1) is 0 Å². The Morgan fingerprint density at radius 1 is 1.21 bits per heavy atom. The van der Waals surface area contributed by atoms with E-state index < -0.39 is 18.0 Å². The predicted molar refractivity (Wildman–Crippen MR) is 160 cm³/mol. The van der Waals surface area contributed by atoms with Gasteiger partial charge in [-0.05, 0) is 50.2 Å². The topological polar surface area (TPSA) is 158 Å². The number of hydrogen-bond donors (Lipinski definition) is 5. The predicted octanol–water partition coefficient (Wildman–Crippen LogP) is 2.72. The maximum atomic E-state index is 13.6. The molecular weight excluding hydrogens is 585 g/mol. The molecule has 5 N–H and O–H groups in total. The van der Waals surface area contributed by atoms with Crippen molar-refractivity contribution in [3.05, 3.63) is 68.8 Å². The van der Waals surface area contributed by atoms with Gasteiger partial charge in [0.2, 0.25) is 11.9 Å². The highest BCUT2D eigenvalue weighted by Crippen LogP contribution is 2.34. The first-order valence-electron chi connectivity index (χ1n) is 13.5. The number of nitrogens with zero attached hydrogens (tertiary/aromatic N) is 4. The van der Waals surface area contributed by atoms with E-state index in [-0.39, 0.29) is 45.1 Å². The van der Waals surface area contributed by atoms with Gasteiger partial charge >= 0.3 is 0 Å². The summed E-state index contributed by atoms with van der Waals surface area (Å²) in [5.41, 5.74) is 0.950. The van der Waals surface area contributed by atoms with E-state index in [1.807, 2.05) is 0 Å². The molecule has 0 radical (unpaired) electrons. The molecule has 4 aromatic rings. The molecule has 1 aliphatic heterocycles. The lowest BCUT2D eigenvalue weighted by molar-refractivity contribution is -0.211. The van der Waals surface area contributed by atoms with Crippen molar-refractivity contribution >= 4 is 51.8 Å². The summed E-state index contributed by atoms with van der Waals surface area (Å²) in [4.78, 5) is 45.7. The van der Waals surface area contributed by atoms with Crippen molar-refractivity contribution in [2.75, 3.05) is 38.1 Å². The third-order valence-electron chi connectivity index (χ3n) is 6.82. The SMILES string of the molecule is CC(O)(CO)On1c(=O)c(-c2c(Cl)cccc2Cl)cc2cnc(Nc3c[nH]c(CC(=O)NCCN4CCCC4)c3)nc21. The standard InChI is InChI=1S/C28H31Cl2N7O5/c1-28(41,16-38)42-37-25-17(11-20(26(37)40)24-21(29)5-4-6-22(24)30)14-33-27(35-25)34-19-12-18(32-15-19)13-23(39)31-7-10-36-8-2-3-9-36/h4-6,11-12,14-15,32,38,41H,2-3,7-10,13,16H2,1H3,(H,31,39)(H,33,34,35). The fraction of sp³-hybridized carbons (Fsp3) is 0.357. The van der Waals surface area contributed by atoms with Gasteiger partial charge in [-0.15, -0.1) is 4.73 Å². The van der Waals surface area contributed by atoms with Crippen molar-refractivity contribution in [3.63, 3.8) is 0 Å². The summed E-state index contributed by atoms with van der Waals surface area (Å²) in [5.74, 6) is -2.08. The molecule has 14 heteroatoms. The lowest BCUT2D eigenvalue weighted by Crippen LogP contribution is -2.45. The van der Waals surface area contributed by atoms with Gasteiger partial charge in [-0.1, -0.05) is 29.3 Å². The number of aliphatic hydroxyl groups excluding tert-OH is 1. The minimum atomic E-state index is -2.11. The van der Waals surface area contributed by atoms with Gasteiger partial charge in [0.05, 0.1) is 27.7 Å². The van der Waals surface area contributed by atoms with Crippen LogP contribution in [0.15, 0.2) is 47.5 Å². The summed E-state index contributed by atoms with van der Waals surface area (Å²) >= 11 is 12.7. The summed E-state index contributed by atoms with van der Waals surface area (Å²) in [6.45, 7) is 4.01. The summed E-state index contributed by atoms with van der Waals surface area (Å²) in [5, 5.41) is 26.9. The first kappa shape index (κ1) is 29.8. The second-order valence-electron chi connectivity index (χ2n) is 10.3. The van der Waals surface area contributed by atoms with Crippen LogP contribution < -0.4 is 21.0 Å². The lowest BCUT2D eigenvalue weighted by Gasteiger charge is -2.24. The largest absolute Gasteiger partial charge is 0.389 e. The molecule has 0 saturated carbocycles. The van der Waals surface area contributed by atoms with E-state index >= 15 is 0 Å². The van der Waals surface area contributed by atoms with Gasteiger partial charge in [0.15, 0.2) is 5.65 Å². The molecule has 5 rings (SSSR count). The molecule has 1 aromatic carbocycles. The van der Waals surface area contributed by atoms with Crippen LogP contribution in [0.1, 0.15) is 25.5 Å². The summed E-state index contributed by atoms with van der Waals surface area (Å²) in [6, 6.07) is 8.12. The van der Waals surface area contributed by atoms with Crippen LogP contribution >= 0.6 is 23.2 Å². The van der Waals surface area contributed by atoms with Gasteiger partial charge in [-0.2, -0.15) is 4.98 Å². The van der Waals surface area contributed by atoms with Gasteiger partial charge < -0.3 is 35.6 Å². The summed E-state index contributed by atoms with van der Waals surface area (Å²) in [7, 11) is 0. The van der Waals surface area contributed by atoms with Crippen LogP contribution in [-0.4, -0.2) is 79.3 Å². The normalized spacial score (nSPS) is 15.1. The molecule has 222 valence electrons. The van der Waals surface area contributed by atoms with Crippen LogP contribution in [0.2, 0.25) is 10.0 Å². The number of halogens is 2. The number of aromatic nitrogens is 4. The Labute approximate surface area is 251 Å². The number of aromatic amines is 1. The quantitative estimate of drug-likeness (QED) is 0.160. The summed E-state index contributed by atoms with van der Waals surface area (Å²) < 4.78 is 0.780. The van der Waals surface area contributed by atoms with Gasteiger partial charge in [-0.3, -0.25) is 9.59 Å². The number of aliphatic hydroxyl groups is 2. The Bertz CT molecular complexity index is 1630. The first-order valence-corrected chi connectivity index (χ1v) is 14.2. The summed E-state index contributed by atoms with van der Waals surface area (Å²) in [6.07, 6.45) is 5.73. The molecule has 1 atom stereocenters. The Morgan fingerprint density at radius 3 is 2.67 bits per heavy atom. The van der Waals surface area contributed by atoms with Crippen LogP contribution in [0.25, 0.3) is 22.2 Å². The lowest BCUT2D eigenvalue weighted by atomic mass is 10.1. The van der Waals surface area contributed by atoms with Crippen LogP contribution in [-0.2, 0) is 11.2 Å². The van der Waals surface area contributed by atoms with Crippen molar-refractivity contribution in [1.82, 2.24) is 29.9 Å². The number of carbonyl (C=O) groups is 1. The van der Waals surface area contributed by atoms with Crippen LogP contribution in [0.4, 0.5) is 11.6 Å². The zero-order chi connectivity index (χ0) is 29.9. The highest BCUT2D eigenvalue weighted by molar-refractivity contribution is 6.39. The average molecular weight is 617 g/mol. The molecule has 12 nitrogen and oxygen atoms in total. The number of pyridine rings is 1. The molecule has 1 amide bonds. The van der Waals surface area contributed by atoms with Gasteiger partial charge in [0, 0.05) is 49.1 Å². The zero-order valence-electron chi connectivity index (χ0n) is 22.9. The highest BCUT2D eigenvalue weighted by Gasteiger charge is 2.26. The number of benzene rings is 1. The van der Waals surface area contributed by atoms with Gasteiger partial charge in [-0.25, -0.2) is 4.98 Å². The number of anilines is 2. The zero-order valence-corrected chi connectivity index (χ0v) is 24.4. The molecule has 3 aromatic heterocycles. The highest BCUT2D eigenvalue weighted by atomic mass is 35.5. The maximum Gasteiger partial charge on any atom is 0.293 e. The number of carbonyl (C=O) groups excluding carboxylic acids is 1. The van der Waals surface area contributed by atoms with E-state index in [9.17, 15) is 19.8 Å². The number of fused-ring (bicyclic) bond motifs is 1. The van der Waals surface area contributed by atoms with E-state index in [2.05, 4.69) is 30.5 Å². The fourth-order valence-electron chi connectivity index (χ4n) is 4.71. The molecule has 42 heavy (non-hydrogen) atoms. The average Bonchev–Trinajstić information content (AvgIpc) is 3.63. The Kier molecular flexibility index (Phi) is 8.99. The monoisotopic (exact) mass is 615 g/mol. The van der Waals surface area contributed by atoms with Crippen molar-refractivity contribution < 1.29 is 19.8 Å². The molecule has 1 aliphatic rings. The number of amides is 1. The number of hydrogen-bond acceptors (Lipinski definition) is 9. The second kappa shape index (κ2) is 12.7. The molecule has 0 aliphatic carbocycles. The number of likely N-dealkylation sites (tertiary alicyclic amines) is 1. The molecule has 0 bridgehead atoms. The van der Waals surface area contributed by atoms with Gasteiger partial charge in [0.25, 0.3) is 11.3 Å². The minimum Gasteiger partial charge on any atom is -0.389 e. The van der Waals surface area contributed by atoms with E-state index in [1.54, 1.807) is 30.5 Å². The van der Waals surface area contributed by atoms with E-state index in [1.165, 1.54) is 32.0 Å². The smallest absolute Gasteiger partial charge is 0.293 e. The molecular formula is C28H31Cl2N7O5. The van der Waals surface area contributed by atoms with Crippen molar-refractivity contribution in [3.8, 4) is 11.1 Å². The number of rotatable bonds is 11. The van der Waals surface area contributed by atoms with E-state index in [4.69, 9.17) is 28.0 Å². The van der Waals surface area contributed by atoms with Crippen LogP contribution in [0.3, 0.4) is 0 Å². The van der Waals surface area contributed by atoms with Gasteiger partial charge in [0.1, 0.15) is 6.61 Å². The third-order valence-corrected chi connectivity index (χ3v) is 7.45. The molecule has 1 saturated heterocycles. The van der Waals surface area contributed by atoms with E-state index in [0.717, 1.165) is 24.4 Å². The molecule has 1 unspecified atom stereocenters. The minimum absolute atomic E-state index is 0.0197. The molecule has 1 fully saturated rings. The van der Waals surface area contributed by atoms with Crippen molar-refractivity contribution in [1.29, 1.82) is 0 Å². The Hall–Kier alpha value is -3.68. The molecule has 0 spiro atoms. The van der Waals surface area contributed by atoms with Crippen molar-refractivity contribution in [2.24, 2.45) is 0 Å². The van der Waals surface area contributed by atoms with Crippen molar-refractivity contribution in [2.45, 2.75) is 32.0 Å². The molecule has 4 heterocycles. The Balaban J connectivity index is 1.38. The third kappa shape index (κ3) is 6.85. The first-order chi connectivity index (χ1) is 20.1. The van der Waals surface area contributed by atoms with E-state index in [0.29, 0.717) is 23.3 Å². The van der Waals surface area contributed by atoms with Crippen LogP contribution in [0.5, 0.6) is 0 Å². The second-order valence-corrected chi connectivity index (χ2v) is 11.1.